The predicted molar refractivity (Wildman–Crippen MR) is 123 cm³/mol. The van der Waals surface area contributed by atoms with Crippen LogP contribution < -0.4 is 15.3 Å². The molecule has 0 aromatic heterocycles. The molecule has 1 atom stereocenters. The highest BCUT2D eigenvalue weighted by molar-refractivity contribution is 7.55. The molecule has 0 radical (unpaired) electrons. The summed E-state index contributed by atoms with van der Waals surface area (Å²) in [6.07, 6.45) is 0. The molecule has 0 N–H and O–H groups in total. The molecule has 3 heteroatoms. The van der Waals surface area contributed by atoms with Crippen LogP contribution in [0.1, 0.15) is 27.8 Å². The van der Waals surface area contributed by atoms with E-state index in [2.05, 4.69) is 94.4 Å². The van der Waals surface area contributed by atoms with Crippen LogP contribution in [0.5, 0.6) is 5.75 Å². The number of nitrogens with zero attached hydrogens (tertiary/aromatic N) is 1. The van der Waals surface area contributed by atoms with Crippen molar-refractivity contribution in [1.29, 1.82) is 0 Å². The molecule has 0 bridgehead atoms. The molecule has 1 unspecified atom stereocenters. The third kappa shape index (κ3) is 5.44. The smallest absolute Gasteiger partial charge is 0.130 e. The molecule has 0 amide bonds. The zero-order valence-corrected chi connectivity index (χ0v) is 18.5. The van der Waals surface area contributed by atoms with Crippen molar-refractivity contribution >= 4 is 19.2 Å². The van der Waals surface area contributed by atoms with E-state index >= 15 is 0 Å². The van der Waals surface area contributed by atoms with Gasteiger partial charge in [-0.25, -0.2) is 0 Å². The van der Waals surface area contributed by atoms with Crippen molar-refractivity contribution in [2.75, 3.05) is 14.1 Å². The molecular weight excluding hydrogens is 361 g/mol. The molecule has 0 heterocycles. The van der Waals surface area contributed by atoms with Crippen LogP contribution in [0, 0.1) is 20.8 Å². The standard InChI is InChI=1S/C25H30NOP/c1-18-11-12-23(22(14-18)16-26(4)5)28-24-15-19(2)13-20(3)25(24)27-17-21-9-7-6-8-10-21/h6-15,28H,16-17H2,1-5H3. The molecule has 28 heavy (non-hydrogen) atoms. The van der Waals surface area contributed by atoms with Gasteiger partial charge in [-0.2, -0.15) is 0 Å². The molecule has 0 aliphatic heterocycles. The van der Waals surface area contributed by atoms with E-state index in [0.29, 0.717) is 15.2 Å². The van der Waals surface area contributed by atoms with Crippen LogP contribution in [0.4, 0.5) is 0 Å². The van der Waals surface area contributed by atoms with Crippen LogP contribution in [0.3, 0.4) is 0 Å². The van der Waals surface area contributed by atoms with Gasteiger partial charge in [0, 0.05) is 11.8 Å². The number of aryl methyl sites for hydroxylation is 3. The van der Waals surface area contributed by atoms with E-state index in [0.717, 1.165) is 12.3 Å². The van der Waals surface area contributed by atoms with Crippen molar-refractivity contribution in [1.82, 2.24) is 4.90 Å². The first-order valence-electron chi connectivity index (χ1n) is 9.71. The van der Waals surface area contributed by atoms with Crippen molar-refractivity contribution in [3.63, 3.8) is 0 Å². The van der Waals surface area contributed by atoms with Crippen molar-refractivity contribution < 1.29 is 4.74 Å². The summed E-state index contributed by atoms with van der Waals surface area (Å²) < 4.78 is 6.32. The van der Waals surface area contributed by atoms with Crippen molar-refractivity contribution in [2.45, 2.75) is 33.9 Å². The Morgan fingerprint density at radius 1 is 0.821 bits per heavy atom. The Hall–Kier alpha value is -2.15. The normalized spacial score (nSPS) is 11.5. The van der Waals surface area contributed by atoms with Gasteiger partial charge >= 0.3 is 0 Å². The minimum absolute atomic E-state index is 0.579. The van der Waals surface area contributed by atoms with E-state index in [1.807, 2.05) is 6.07 Å². The number of ether oxygens (including phenoxy) is 1. The van der Waals surface area contributed by atoms with Crippen LogP contribution >= 0.6 is 8.58 Å². The van der Waals surface area contributed by atoms with Crippen LogP contribution in [0.15, 0.2) is 60.7 Å². The average Bonchev–Trinajstić information content (AvgIpc) is 2.63. The van der Waals surface area contributed by atoms with Gasteiger partial charge in [0.05, 0.1) is 0 Å². The highest BCUT2D eigenvalue weighted by Crippen LogP contribution is 2.27. The molecule has 0 aliphatic carbocycles. The molecule has 0 spiro atoms. The van der Waals surface area contributed by atoms with Gasteiger partial charge in [0.15, 0.2) is 0 Å². The summed E-state index contributed by atoms with van der Waals surface area (Å²) in [5, 5.41) is 2.69. The van der Waals surface area contributed by atoms with E-state index in [4.69, 9.17) is 4.74 Å². The first kappa shape index (κ1) is 20.6. The summed E-state index contributed by atoms with van der Waals surface area (Å²) in [7, 11) is 4.83. The first-order chi connectivity index (χ1) is 13.4. The largest absolute Gasteiger partial charge is 0.488 e. The summed E-state index contributed by atoms with van der Waals surface area (Å²) >= 11 is 0. The lowest BCUT2D eigenvalue weighted by Crippen LogP contribution is -2.19. The second-order valence-electron chi connectivity index (χ2n) is 7.76. The van der Waals surface area contributed by atoms with Crippen molar-refractivity contribution in [3.8, 4) is 5.75 Å². The number of benzene rings is 3. The van der Waals surface area contributed by atoms with Gasteiger partial charge in [0.2, 0.25) is 0 Å². The maximum absolute atomic E-state index is 6.32. The fourth-order valence-corrected chi connectivity index (χ4v) is 4.88. The summed E-state index contributed by atoms with van der Waals surface area (Å²) in [5.41, 5.74) is 6.40. The summed E-state index contributed by atoms with van der Waals surface area (Å²) in [6, 6.07) is 21.7. The summed E-state index contributed by atoms with van der Waals surface area (Å²) in [6.45, 7) is 8.03. The second kappa shape index (κ2) is 9.37. The molecule has 0 saturated carbocycles. The van der Waals surface area contributed by atoms with Crippen LogP contribution in [0.2, 0.25) is 0 Å². The lowest BCUT2D eigenvalue weighted by molar-refractivity contribution is 0.307. The molecule has 0 fully saturated rings. The predicted octanol–water partition coefficient (Wildman–Crippen LogP) is 4.88. The van der Waals surface area contributed by atoms with Crippen LogP contribution in [0.25, 0.3) is 0 Å². The molecule has 0 saturated heterocycles. The average molecular weight is 391 g/mol. The summed E-state index contributed by atoms with van der Waals surface area (Å²) in [5.74, 6) is 1.03. The van der Waals surface area contributed by atoms with Crippen molar-refractivity contribution in [3.05, 3.63) is 88.5 Å². The molecule has 3 aromatic carbocycles. The van der Waals surface area contributed by atoms with E-state index in [1.54, 1.807) is 0 Å². The van der Waals surface area contributed by atoms with Gasteiger partial charge in [-0.15, -0.1) is 0 Å². The lowest BCUT2D eigenvalue weighted by atomic mass is 10.1. The number of hydrogen-bond donors (Lipinski definition) is 0. The molecular formula is C25H30NOP. The van der Waals surface area contributed by atoms with Crippen molar-refractivity contribution in [2.24, 2.45) is 0 Å². The molecule has 3 aromatic rings. The maximum atomic E-state index is 6.32. The minimum Gasteiger partial charge on any atom is -0.488 e. The van der Waals surface area contributed by atoms with E-state index in [9.17, 15) is 0 Å². The van der Waals surface area contributed by atoms with Gasteiger partial charge in [-0.05, 0) is 68.5 Å². The Kier molecular flexibility index (Phi) is 6.88. The van der Waals surface area contributed by atoms with Gasteiger partial charge in [-0.1, -0.05) is 68.7 Å². The molecule has 3 rings (SSSR count). The van der Waals surface area contributed by atoms with Crippen LogP contribution in [-0.2, 0) is 13.2 Å². The number of hydrogen-bond acceptors (Lipinski definition) is 2. The zero-order valence-electron chi connectivity index (χ0n) is 17.5. The van der Waals surface area contributed by atoms with Crippen LogP contribution in [-0.4, -0.2) is 19.0 Å². The van der Waals surface area contributed by atoms with Gasteiger partial charge in [-0.3, -0.25) is 0 Å². The maximum Gasteiger partial charge on any atom is 0.130 e. The Balaban J connectivity index is 1.91. The summed E-state index contributed by atoms with van der Waals surface area (Å²) in [4.78, 5) is 2.23. The SMILES string of the molecule is Cc1ccc(Pc2cc(C)cc(C)c2OCc2ccccc2)c(CN(C)C)c1. The molecule has 0 aliphatic rings. The Bertz CT molecular complexity index is 935. The Morgan fingerprint density at radius 2 is 1.57 bits per heavy atom. The molecule has 2 nitrogen and oxygen atoms in total. The molecule has 146 valence electrons. The topological polar surface area (TPSA) is 12.5 Å². The fraction of sp³-hybridized carbons (Fsp3) is 0.280. The van der Waals surface area contributed by atoms with Gasteiger partial charge < -0.3 is 9.64 Å². The Morgan fingerprint density at radius 3 is 2.29 bits per heavy atom. The fourth-order valence-electron chi connectivity index (χ4n) is 3.43. The third-order valence-electron chi connectivity index (χ3n) is 4.66. The number of rotatable bonds is 7. The monoisotopic (exact) mass is 391 g/mol. The lowest BCUT2D eigenvalue weighted by Gasteiger charge is -2.19. The quantitative estimate of drug-likeness (QED) is 0.532. The first-order valence-corrected chi connectivity index (χ1v) is 10.7. The third-order valence-corrected chi connectivity index (χ3v) is 6.06. The van der Waals surface area contributed by atoms with E-state index in [1.165, 1.54) is 38.4 Å². The second-order valence-corrected chi connectivity index (χ2v) is 9.08. The van der Waals surface area contributed by atoms with Gasteiger partial charge in [0.25, 0.3) is 0 Å². The van der Waals surface area contributed by atoms with E-state index in [-0.39, 0.29) is 0 Å². The highest BCUT2D eigenvalue weighted by atomic mass is 31.1. The van der Waals surface area contributed by atoms with Gasteiger partial charge in [0.1, 0.15) is 12.4 Å². The zero-order chi connectivity index (χ0) is 20.1. The van der Waals surface area contributed by atoms with E-state index < -0.39 is 0 Å². The Labute approximate surface area is 171 Å². The highest BCUT2D eigenvalue weighted by Gasteiger charge is 2.13. The minimum atomic E-state index is 0.579.